The molecule has 0 rings (SSSR count). The van der Waals surface area contributed by atoms with Gasteiger partial charge in [-0.3, -0.25) is 9.59 Å². The molecule has 0 bridgehead atoms. The van der Waals surface area contributed by atoms with E-state index in [-0.39, 0.29) is 18.5 Å². The first-order valence-electron chi connectivity index (χ1n) is 34.7. The molecule has 2 atom stereocenters. The Morgan fingerprint density at radius 3 is 1.01 bits per heavy atom. The molecule has 1 amide bonds. The molecule has 77 heavy (non-hydrogen) atoms. The molecular formula is C71H135NO5. The van der Waals surface area contributed by atoms with E-state index in [4.69, 9.17) is 4.74 Å². The van der Waals surface area contributed by atoms with Crippen LogP contribution in [0.4, 0.5) is 0 Å². The van der Waals surface area contributed by atoms with Gasteiger partial charge in [-0.15, -0.1) is 0 Å². The van der Waals surface area contributed by atoms with E-state index in [9.17, 15) is 19.8 Å². The fourth-order valence-electron chi connectivity index (χ4n) is 10.8. The van der Waals surface area contributed by atoms with E-state index in [1.165, 1.54) is 295 Å². The van der Waals surface area contributed by atoms with Crippen LogP contribution in [-0.4, -0.2) is 47.4 Å². The van der Waals surface area contributed by atoms with Crippen molar-refractivity contribution in [3.63, 3.8) is 0 Å². The maximum absolute atomic E-state index is 12.4. The second-order valence-electron chi connectivity index (χ2n) is 23.9. The Balaban J connectivity index is 3.31. The SMILES string of the molecule is CCCCCC/C=C\C/C=C\CCCCCCCC(=O)OCCCCCCCCCCCCCCCC/C=C\CCCCCCCCCCCCCCCCCCCC(=O)NC(CO)C(O)CCCCCCCCCCC. The van der Waals surface area contributed by atoms with Crippen molar-refractivity contribution < 1.29 is 24.5 Å². The van der Waals surface area contributed by atoms with Gasteiger partial charge in [0.1, 0.15) is 0 Å². The second-order valence-corrected chi connectivity index (χ2v) is 23.9. The predicted molar refractivity (Wildman–Crippen MR) is 338 cm³/mol. The maximum Gasteiger partial charge on any atom is 0.305 e. The number of ether oxygens (including phenoxy) is 1. The molecule has 0 saturated heterocycles. The molecule has 0 fully saturated rings. The molecule has 0 spiro atoms. The largest absolute Gasteiger partial charge is 0.466 e. The summed E-state index contributed by atoms with van der Waals surface area (Å²) in [5.74, 6) is -0.0257. The minimum absolute atomic E-state index is 0.00684. The lowest BCUT2D eigenvalue weighted by molar-refractivity contribution is -0.143. The molecule has 0 heterocycles. The number of allylic oxidation sites excluding steroid dienone is 6. The molecule has 0 saturated carbocycles. The molecule has 0 aromatic rings. The summed E-state index contributed by atoms with van der Waals surface area (Å²) < 4.78 is 5.49. The summed E-state index contributed by atoms with van der Waals surface area (Å²) in [5, 5.41) is 23.1. The van der Waals surface area contributed by atoms with Gasteiger partial charge >= 0.3 is 5.97 Å². The summed E-state index contributed by atoms with van der Waals surface area (Å²) in [6.45, 7) is 4.93. The minimum atomic E-state index is -0.659. The quantitative estimate of drug-likeness (QED) is 0.0320. The van der Waals surface area contributed by atoms with Crippen molar-refractivity contribution >= 4 is 11.9 Å². The van der Waals surface area contributed by atoms with Crippen LogP contribution in [0, 0.1) is 0 Å². The van der Waals surface area contributed by atoms with Gasteiger partial charge < -0.3 is 20.3 Å². The minimum Gasteiger partial charge on any atom is -0.466 e. The van der Waals surface area contributed by atoms with Crippen molar-refractivity contribution in [3.8, 4) is 0 Å². The number of rotatable bonds is 65. The number of hydrogen-bond acceptors (Lipinski definition) is 5. The molecule has 0 aliphatic carbocycles. The number of carbonyl (C=O) groups excluding carboxylic acids is 2. The van der Waals surface area contributed by atoms with Crippen LogP contribution in [0.5, 0.6) is 0 Å². The number of hydrogen-bond donors (Lipinski definition) is 3. The van der Waals surface area contributed by atoms with Crippen molar-refractivity contribution in [1.82, 2.24) is 5.32 Å². The van der Waals surface area contributed by atoms with Crippen LogP contribution < -0.4 is 5.32 Å². The molecule has 0 aromatic heterocycles. The first kappa shape index (κ1) is 75.1. The lowest BCUT2D eigenvalue weighted by Crippen LogP contribution is -2.45. The zero-order valence-electron chi connectivity index (χ0n) is 52.0. The highest BCUT2D eigenvalue weighted by molar-refractivity contribution is 5.76. The summed E-state index contributed by atoms with van der Waals surface area (Å²) in [6.07, 6.45) is 85.0. The van der Waals surface area contributed by atoms with Gasteiger partial charge in [0.25, 0.3) is 0 Å². The van der Waals surface area contributed by atoms with Gasteiger partial charge in [-0.1, -0.05) is 320 Å². The number of esters is 1. The Morgan fingerprint density at radius 1 is 0.364 bits per heavy atom. The fourth-order valence-corrected chi connectivity index (χ4v) is 10.8. The van der Waals surface area contributed by atoms with E-state index in [0.717, 1.165) is 51.4 Å². The summed E-state index contributed by atoms with van der Waals surface area (Å²) in [6, 6.07) is -0.536. The average Bonchev–Trinajstić information content (AvgIpc) is 3.43. The molecule has 0 aromatic carbocycles. The third-order valence-electron chi connectivity index (χ3n) is 16.2. The van der Waals surface area contributed by atoms with Crippen LogP contribution in [0.1, 0.15) is 380 Å². The highest BCUT2D eigenvalue weighted by Crippen LogP contribution is 2.18. The van der Waals surface area contributed by atoms with Crippen LogP contribution >= 0.6 is 0 Å². The molecule has 0 aliphatic heterocycles. The zero-order valence-corrected chi connectivity index (χ0v) is 52.0. The van der Waals surface area contributed by atoms with Gasteiger partial charge in [0.05, 0.1) is 25.4 Å². The summed E-state index contributed by atoms with van der Waals surface area (Å²) in [5.41, 5.74) is 0. The summed E-state index contributed by atoms with van der Waals surface area (Å²) in [4.78, 5) is 24.5. The lowest BCUT2D eigenvalue weighted by Gasteiger charge is -2.22. The molecule has 6 heteroatoms. The number of amides is 1. The highest BCUT2D eigenvalue weighted by Gasteiger charge is 2.20. The topological polar surface area (TPSA) is 95.9 Å². The van der Waals surface area contributed by atoms with E-state index in [2.05, 4.69) is 55.6 Å². The van der Waals surface area contributed by atoms with Gasteiger partial charge in [0.15, 0.2) is 0 Å². The number of carbonyl (C=O) groups is 2. The third kappa shape index (κ3) is 63.1. The molecule has 0 aliphatic rings. The number of unbranched alkanes of at least 4 members (excludes halogenated alkanes) is 48. The van der Waals surface area contributed by atoms with Crippen LogP contribution in [0.15, 0.2) is 36.5 Å². The Morgan fingerprint density at radius 2 is 0.649 bits per heavy atom. The van der Waals surface area contributed by atoms with Gasteiger partial charge in [0.2, 0.25) is 5.91 Å². The smallest absolute Gasteiger partial charge is 0.305 e. The van der Waals surface area contributed by atoms with Crippen molar-refractivity contribution in [2.24, 2.45) is 0 Å². The zero-order chi connectivity index (χ0) is 55.7. The van der Waals surface area contributed by atoms with E-state index in [1.807, 2.05) is 0 Å². The maximum atomic E-state index is 12.4. The van der Waals surface area contributed by atoms with Crippen molar-refractivity contribution in [2.75, 3.05) is 13.2 Å². The molecule has 2 unspecified atom stereocenters. The van der Waals surface area contributed by atoms with Crippen molar-refractivity contribution in [2.45, 2.75) is 392 Å². The molecular weight excluding hydrogens is 947 g/mol. The van der Waals surface area contributed by atoms with Crippen LogP contribution in [0.25, 0.3) is 0 Å². The number of aliphatic hydroxyl groups excluding tert-OH is 2. The van der Waals surface area contributed by atoms with Crippen molar-refractivity contribution in [3.05, 3.63) is 36.5 Å². The summed E-state index contributed by atoms with van der Waals surface area (Å²) >= 11 is 0. The number of aliphatic hydroxyl groups is 2. The highest BCUT2D eigenvalue weighted by atomic mass is 16.5. The van der Waals surface area contributed by atoms with E-state index >= 15 is 0 Å². The molecule has 6 nitrogen and oxygen atoms in total. The lowest BCUT2D eigenvalue weighted by atomic mass is 10.0. The molecule has 0 radical (unpaired) electrons. The average molecular weight is 1080 g/mol. The van der Waals surface area contributed by atoms with Crippen LogP contribution in [0.3, 0.4) is 0 Å². The van der Waals surface area contributed by atoms with Gasteiger partial charge in [-0.25, -0.2) is 0 Å². The fraction of sp³-hybridized carbons (Fsp3) is 0.887. The Bertz CT molecular complexity index is 1250. The monoisotopic (exact) mass is 1080 g/mol. The van der Waals surface area contributed by atoms with E-state index < -0.39 is 12.1 Å². The normalized spacial score (nSPS) is 12.7. The van der Waals surface area contributed by atoms with Crippen LogP contribution in [-0.2, 0) is 14.3 Å². The Kier molecular flexibility index (Phi) is 64.9. The molecule has 3 N–H and O–H groups in total. The standard InChI is InChI=1S/C71H135NO5/c1-3-5-7-9-11-13-14-15-16-39-42-45-49-53-57-61-65-71(76)77-66-62-58-54-50-46-43-40-37-35-33-31-29-27-25-23-21-19-17-18-20-22-24-26-28-30-32-34-36-38-41-44-48-52-56-60-64-70(75)72-68(67-73)69(74)63-59-55-51-47-12-10-8-6-4-2/h13-14,16,19,21,39,68-69,73-74H,3-12,15,17-18,20,22-38,40-67H2,1-2H3,(H,72,75)/b14-13-,21-19-,39-16-. The summed E-state index contributed by atoms with van der Waals surface area (Å²) in [7, 11) is 0. The van der Waals surface area contributed by atoms with Gasteiger partial charge in [-0.05, 0) is 83.5 Å². The van der Waals surface area contributed by atoms with Crippen molar-refractivity contribution in [1.29, 1.82) is 0 Å². The van der Waals surface area contributed by atoms with E-state index in [0.29, 0.717) is 25.9 Å². The Labute approximate surface area is 481 Å². The first-order chi connectivity index (χ1) is 38.0. The predicted octanol–water partition coefficient (Wildman–Crippen LogP) is 22.3. The van der Waals surface area contributed by atoms with Gasteiger partial charge in [0, 0.05) is 12.8 Å². The molecule has 454 valence electrons. The first-order valence-corrected chi connectivity index (χ1v) is 34.7. The third-order valence-corrected chi connectivity index (χ3v) is 16.2. The number of nitrogens with one attached hydrogen (secondary N) is 1. The second kappa shape index (κ2) is 66.6. The Hall–Kier alpha value is -1.92. The van der Waals surface area contributed by atoms with E-state index in [1.54, 1.807) is 0 Å². The van der Waals surface area contributed by atoms with Crippen LogP contribution in [0.2, 0.25) is 0 Å². The van der Waals surface area contributed by atoms with Gasteiger partial charge in [-0.2, -0.15) is 0 Å².